The van der Waals surface area contributed by atoms with Gasteiger partial charge < -0.3 is 0 Å². The van der Waals surface area contributed by atoms with Crippen LogP contribution in [0.3, 0.4) is 0 Å². The summed E-state index contributed by atoms with van der Waals surface area (Å²) in [6.45, 7) is 4.54. The summed E-state index contributed by atoms with van der Waals surface area (Å²) in [4.78, 5) is 5.40. The van der Waals surface area contributed by atoms with E-state index in [0.717, 1.165) is 22.5 Å². The number of hydrogen-bond acceptors (Lipinski definition) is 1. The average Bonchev–Trinajstić information content (AvgIpc) is 3.69. The van der Waals surface area contributed by atoms with E-state index < -0.39 is 0 Å². The summed E-state index contributed by atoms with van der Waals surface area (Å²) in [5, 5.41) is 0. The van der Waals surface area contributed by atoms with Crippen molar-refractivity contribution in [1.82, 2.24) is 4.98 Å². The maximum Gasteiger partial charge on any atom is 0.0725 e. The molecule has 2 aliphatic carbocycles. The predicted octanol–water partition coefficient (Wildman–Crippen LogP) is 13.2. The normalized spacial score (nSPS) is 13.1. The van der Waals surface area contributed by atoms with Crippen molar-refractivity contribution >= 4 is 0 Å². The summed E-state index contributed by atoms with van der Waals surface area (Å²) in [7, 11) is 0. The molecule has 52 heavy (non-hydrogen) atoms. The lowest BCUT2D eigenvalue weighted by atomic mass is 9.70. The zero-order chi connectivity index (χ0) is 34.8. The van der Waals surface area contributed by atoms with Crippen molar-refractivity contribution in [3.8, 4) is 67.0 Å². The van der Waals surface area contributed by atoms with Crippen molar-refractivity contribution in [2.75, 3.05) is 0 Å². The first-order chi connectivity index (χ1) is 25.6. The third-order valence-corrected chi connectivity index (χ3v) is 11.3. The molecule has 0 N–H and O–H groups in total. The molecule has 246 valence electrons. The van der Waals surface area contributed by atoms with Crippen LogP contribution >= 0.6 is 0 Å². The lowest BCUT2D eigenvalue weighted by Crippen LogP contribution is -2.25. The van der Waals surface area contributed by atoms with Crippen LogP contribution < -0.4 is 0 Å². The van der Waals surface area contributed by atoms with Crippen LogP contribution in [-0.2, 0) is 5.41 Å². The second kappa shape index (κ2) is 11.9. The third-order valence-electron chi connectivity index (χ3n) is 11.3. The molecule has 1 nitrogen and oxygen atoms in total. The van der Waals surface area contributed by atoms with E-state index in [4.69, 9.17) is 4.98 Å². The van der Waals surface area contributed by atoms with E-state index in [0.29, 0.717) is 5.92 Å². The molecule has 10 rings (SSSR count). The average molecular weight is 664 g/mol. The fraction of sp³-hybridized carbons (Fsp3) is 0.0784. The van der Waals surface area contributed by atoms with Crippen LogP contribution in [0.4, 0.5) is 0 Å². The van der Waals surface area contributed by atoms with Crippen molar-refractivity contribution in [3.05, 3.63) is 210 Å². The molecule has 1 heteroatoms. The second-order valence-corrected chi connectivity index (χ2v) is 14.5. The minimum atomic E-state index is -0.385. The Morgan fingerprint density at radius 2 is 0.846 bits per heavy atom. The van der Waals surface area contributed by atoms with E-state index >= 15 is 0 Å². The molecule has 0 fully saturated rings. The van der Waals surface area contributed by atoms with Crippen LogP contribution in [0.5, 0.6) is 0 Å². The molecule has 1 heterocycles. The van der Waals surface area contributed by atoms with Crippen LogP contribution in [0.15, 0.2) is 182 Å². The highest BCUT2D eigenvalue weighted by Gasteiger charge is 2.51. The standard InChI is InChI=1S/C51H37N/c1-33(2)36-28-37(34-16-5-3-6-17-34)30-39(29-36)49-32-38(31-48(52-49)35-18-7-4-8-19-35)40-23-15-27-47-50(40)43-22-11-14-26-46(43)51(47)44-24-12-9-20-41(44)42-21-10-13-25-45(42)51/h3-33H,1-2H3. The van der Waals surface area contributed by atoms with Crippen molar-refractivity contribution in [2.45, 2.75) is 25.2 Å². The van der Waals surface area contributed by atoms with Crippen molar-refractivity contribution in [1.29, 1.82) is 0 Å². The zero-order valence-electron chi connectivity index (χ0n) is 29.3. The quantitative estimate of drug-likeness (QED) is 0.179. The summed E-state index contributed by atoms with van der Waals surface area (Å²) in [5.74, 6) is 0.376. The van der Waals surface area contributed by atoms with E-state index in [-0.39, 0.29) is 5.41 Å². The maximum absolute atomic E-state index is 5.40. The van der Waals surface area contributed by atoms with Gasteiger partial charge >= 0.3 is 0 Å². The van der Waals surface area contributed by atoms with Gasteiger partial charge in [-0.3, -0.25) is 0 Å². The van der Waals surface area contributed by atoms with Crippen LogP contribution in [-0.4, -0.2) is 4.98 Å². The molecule has 0 amide bonds. The largest absolute Gasteiger partial charge is 0.248 e. The van der Waals surface area contributed by atoms with Gasteiger partial charge in [-0.15, -0.1) is 0 Å². The lowest BCUT2D eigenvalue weighted by Gasteiger charge is -2.30. The molecule has 8 aromatic rings. The van der Waals surface area contributed by atoms with Gasteiger partial charge in [-0.2, -0.15) is 0 Å². The number of pyridine rings is 1. The highest BCUT2D eigenvalue weighted by atomic mass is 14.7. The molecule has 1 spiro atoms. The van der Waals surface area contributed by atoms with E-state index in [1.54, 1.807) is 0 Å². The Bertz CT molecular complexity index is 2600. The predicted molar refractivity (Wildman–Crippen MR) is 216 cm³/mol. The first-order valence-corrected chi connectivity index (χ1v) is 18.3. The first-order valence-electron chi connectivity index (χ1n) is 18.3. The molecule has 0 saturated carbocycles. The molecule has 0 unspecified atom stereocenters. The van der Waals surface area contributed by atoms with Crippen molar-refractivity contribution in [2.24, 2.45) is 0 Å². The highest BCUT2D eigenvalue weighted by Crippen LogP contribution is 2.64. The Morgan fingerprint density at radius 3 is 1.48 bits per heavy atom. The molecule has 2 aliphatic rings. The summed E-state index contributed by atoms with van der Waals surface area (Å²) < 4.78 is 0. The number of nitrogens with zero attached hydrogens (tertiary/aromatic N) is 1. The van der Waals surface area contributed by atoms with Crippen molar-refractivity contribution < 1.29 is 0 Å². The minimum Gasteiger partial charge on any atom is -0.248 e. The van der Waals surface area contributed by atoms with E-state index in [2.05, 4.69) is 196 Å². The smallest absolute Gasteiger partial charge is 0.0725 e. The Balaban J connectivity index is 1.25. The van der Waals surface area contributed by atoms with Gasteiger partial charge in [0.2, 0.25) is 0 Å². The van der Waals surface area contributed by atoms with Crippen LogP contribution in [0, 0.1) is 0 Å². The molecule has 0 bridgehead atoms. The van der Waals surface area contributed by atoms with Gasteiger partial charge in [0.1, 0.15) is 0 Å². The number of rotatable bonds is 5. The summed E-state index contributed by atoms with van der Waals surface area (Å²) in [6, 6.07) is 67.0. The van der Waals surface area contributed by atoms with Gasteiger partial charge in [-0.1, -0.05) is 172 Å². The highest BCUT2D eigenvalue weighted by molar-refractivity contribution is 6.00. The van der Waals surface area contributed by atoms with Crippen LogP contribution in [0.2, 0.25) is 0 Å². The number of fused-ring (bicyclic) bond motifs is 10. The zero-order valence-corrected chi connectivity index (χ0v) is 29.3. The second-order valence-electron chi connectivity index (χ2n) is 14.5. The lowest BCUT2D eigenvalue weighted by molar-refractivity contribution is 0.794. The van der Waals surface area contributed by atoms with E-state index in [1.807, 2.05) is 0 Å². The topological polar surface area (TPSA) is 12.9 Å². The Kier molecular flexibility index (Phi) is 6.98. The Labute approximate surface area is 305 Å². The molecule has 0 atom stereocenters. The van der Waals surface area contributed by atoms with E-state index in [1.165, 1.54) is 72.3 Å². The minimum absolute atomic E-state index is 0.376. The molecular formula is C51H37N. The number of benzene rings is 7. The summed E-state index contributed by atoms with van der Waals surface area (Å²) >= 11 is 0. The van der Waals surface area contributed by atoms with Crippen LogP contribution in [0.1, 0.15) is 47.6 Å². The van der Waals surface area contributed by atoms with Crippen LogP contribution in [0.25, 0.3) is 67.0 Å². The summed E-state index contributed by atoms with van der Waals surface area (Å²) in [5.41, 5.74) is 20.6. The van der Waals surface area contributed by atoms with Gasteiger partial charge in [0.25, 0.3) is 0 Å². The molecule has 0 radical (unpaired) electrons. The van der Waals surface area contributed by atoms with Gasteiger partial charge in [-0.05, 0) is 103 Å². The molecule has 1 aromatic heterocycles. The molecule has 0 saturated heterocycles. The van der Waals surface area contributed by atoms with Gasteiger partial charge in [0.05, 0.1) is 16.8 Å². The SMILES string of the molecule is CC(C)c1cc(-c2ccccc2)cc(-c2cc(-c3cccc4c3-c3ccccc3C43c4ccccc4-c4ccccc43)cc(-c3ccccc3)n2)c1. The Morgan fingerprint density at radius 1 is 0.365 bits per heavy atom. The number of aromatic nitrogens is 1. The fourth-order valence-electron chi connectivity index (χ4n) is 8.91. The van der Waals surface area contributed by atoms with Gasteiger partial charge in [0.15, 0.2) is 0 Å². The molecular weight excluding hydrogens is 627 g/mol. The van der Waals surface area contributed by atoms with E-state index in [9.17, 15) is 0 Å². The molecule has 7 aromatic carbocycles. The molecule has 0 aliphatic heterocycles. The fourth-order valence-corrected chi connectivity index (χ4v) is 8.91. The van der Waals surface area contributed by atoms with Gasteiger partial charge in [-0.25, -0.2) is 4.98 Å². The van der Waals surface area contributed by atoms with Crippen molar-refractivity contribution in [3.63, 3.8) is 0 Å². The Hall–Kier alpha value is -6.31. The number of hydrogen-bond donors (Lipinski definition) is 0. The monoisotopic (exact) mass is 663 g/mol. The van der Waals surface area contributed by atoms with Gasteiger partial charge in [0, 0.05) is 11.1 Å². The third kappa shape index (κ3) is 4.52. The maximum atomic E-state index is 5.40. The first kappa shape index (κ1) is 30.5. The summed E-state index contributed by atoms with van der Waals surface area (Å²) in [6.07, 6.45) is 0.